The number of thioether (sulfide) groups is 1. The molecule has 12 heteroatoms. The van der Waals surface area contributed by atoms with Gasteiger partial charge in [0.25, 0.3) is 15.7 Å². The summed E-state index contributed by atoms with van der Waals surface area (Å²) in [5, 5.41) is 15.0. The SMILES string of the molecule is COc1ccc(N(CC(=O)Nc2ccccc2SCc2ccc(Cl)cc2)S(=O)(=O)c2ccc(C)c([N+](=O)[O-])c2)cc1. The molecule has 0 aliphatic carbocycles. The van der Waals surface area contributed by atoms with Crippen molar-refractivity contribution >= 4 is 56.4 Å². The zero-order chi connectivity index (χ0) is 29.6. The average Bonchev–Trinajstić information content (AvgIpc) is 2.96. The number of benzene rings is 4. The Labute approximate surface area is 247 Å². The summed E-state index contributed by atoms with van der Waals surface area (Å²) in [7, 11) is -2.91. The van der Waals surface area contributed by atoms with E-state index in [9.17, 15) is 23.3 Å². The Balaban J connectivity index is 1.61. The van der Waals surface area contributed by atoms with E-state index in [1.54, 1.807) is 24.3 Å². The molecule has 0 aliphatic heterocycles. The third kappa shape index (κ3) is 7.37. The van der Waals surface area contributed by atoms with Crippen molar-refractivity contribution in [2.24, 2.45) is 0 Å². The minimum atomic E-state index is -4.38. The fourth-order valence-corrected chi connectivity index (χ4v) is 6.43. The number of anilines is 2. The number of sulfonamides is 1. The monoisotopic (exact) mass is 611 g/mol. The molecule has 0 fully saturated rings. The van der Waals surface area contributed by atoms with Gasteiger partial charge in [0, 0.05) is 27.3 Å². The molecule has 1 N–H and O–H groups in total. The molecule has 1 amide bonds. The van der Waals surface area contributed by atoms with E-state index in [-0.39, 0.29) is 16.3 Å². The molecule has 0 saturated carbocycles. The number of hydrogen-bond donors (Lipinski definition) is 1. The molecule has 4 rings (SSSR count). The Morgan fingerprint density at radius 2 is 1.71 bits per heavy atom. The lowest BCUT2D eigenvalue weighted by Gasteiger charge is -2.24. The predicted octanol–water partition coefficient (Wildman–Crippen LogP) is 6.69. The highest BCUT2D eigenvalue weighted by Gasteiger charge is 2.29. The van der Waals surface area contributed by atoms with E-state index >= 15 is 0 Å². The van der Waals surface area contributed by atoms with Crippen LogP contribution in [0, 0.1) is 17.0 Å². The minimum absolute atomic E-state index is 0.189. The summed E-state index contributed by atoms with van der Waals surface area (Å²) in [6, 6.07) is 24.5. The molecule has 41 heavy (non-hydrogen) atoms. The van der Waals surface area contributed by atoms with Crippen molar-refractivity contribution in [3.8, 4) is 5.75 Å². The normalized spacial score (nSPS) is 11.1. The molecule has 4 aromatic carbocycles. The molecule has 4 aromatic rings. The third-order valence-electron chi connectivity index (χ3n) is 6.08. The van der Waals surface area contributed by atoms with Crippen LogP contribution in [0.4, 0.5) is 17.1 Å². The highest BCUT2D eigenvalue weighted by Crippen LogP contribution is 2.32. The number of para-hydroxylation sites is 1. The Hall–Kier alpha value is -4.06. The summed E-state index contributed by atoms with van der Waals surface area (Å²) in [6.07, 6.45) is 0. The number of carbonyl (C=O) groups is 1. The number of aryl methyl sites for hydroxylation is 1. The lowest BCUT2D eigenvalue weighted by atomic mass is 10.2. The van der Waals surface area contributed by atoms with Crippen LogP contribution in [0.15, 0.2) is 101 Å². The number of amides is 1. The summed E-state index contributed by atoms with van der Waals surface area (Å²) in [4.78, 5) is 24.7. The maximum Gasteiger partial charge on any atom is 0.273 e. The van der Waals surface area contributed by atoms with Crippen molar-refractivity contribution < 1.29 is 22.9 Å². The van der Waals surface area contributed by atoms with E-state index in [4.69, 9.17) is 16.3 Å². The summed E-state index contributed by atoms with van der Waals surface area (Å²) in [5.41, 5.74) is 1.74. The smallest absolute Gasteiger partial charge is 0.273 e. The quantitative estimate of drug-likeness (QED) is 0.114. The van der Waals surface area contributed by atoms with Crippen molar-refractivity contribution in [3.05, 3.63) is 117 Å². The molecule has 0 radical (unpaired) electrons. The first-order valence-electron chi connectivity index (χ1n) is 12.3. The first-order valence-corrected chi connectivity index (χ1v) is 15.1. The minimum Gasteiger partial charge on any atom is -0.497 e. The van der Waals surface area contributed by atoms with Gasteiger partial charge in [0.15, 0.2) is 0 Å². The zero-order valence-corrected chi connectivity index (χ0v) is 24.5. The Kier molecular flexibility index (Phi) is 9.53. The van der Waals surface area contributed by atoms with Crippen molar-refractivity contribution in [2.75, 3.05) is 23.3 Å². The summed E-state index contributed by atoms with van der Waals surface area (Å²) in [6.45, 7) is 0.943. The predicted molar refractivity (Wildman–Crippen MR) is 161 cm³/mol. The molecule has 0 unspecified atom stereocenters. The largest absolute Gasteiger partial charge is 0.497 e. The summed E-state index contributed by atoms with van der Waals surface area (Å²) in [5.74, 6) is 0.529. The highest BCUT2D eigenvalue weighted by atomic mass is 35.5. The molecule has 0 spiro atoms. The van der Waals surface area contributed by atoms with Gasteiger partial charge in [0.2, 0.25) is 5.91 Å². The number of nitro groups is 1. The molecule has 0 aliphatic rings. The summed E-state index contributed by atoms with van der Waals surface area (Å²) < 4.78 is 33.7. The molecule has 0 heterocycles. The van der Waals surface area contributed by atoms with Gasteiger partial charge in [-0.3, -0.25) is 19.2 Å². The van der Waals surface area contributed by atoms with Crippen LogP contribution in [0.5, 0.6) is 5.75 Å². The maximum absolute atomic E-state index is 13.8. The topological polar surface area (TPSA) is 119 Å². The maximum atomic E-state index is 13.8. The van der Waals surface area contributed by atoms with E-state index in [0.717, 1.165) is 20.8 Å². The number of hydrogen-bond acceptors (Lipinski definition) is 7. The Bertz CT molecular complexity index is 1660. The molecular formula is C29H26ClN3O6S2. The van der Waals surface area contributed by atoms with Crippen molar-refractivity contribution in [2.45, 2.75) is 22.5 Å². The van der Waals surface area contributed by atoms with Gasteiger partial charge in [-0.1, -0.05) is 41.9 Å². The van der Waals surface area contributed by atoms with Gasteiger partial charge in [-0.2, -0.15) is 0 Å². The van der Waals surface area contributed by atoms with Crippen molar-refractivity contribution in [1.82, 2.24) is 0 Å². The van der Waals surface area contributed by atoms with Gasteiger partial charge < -0.3 is 10.1 Å². The second-order valence-corrected chi connectivity index (χ2v) is 12.2. The van der Waals surface area contributed by atoms with Gasteiger partial charge in [-0.05, 0) is 67.1 Å². The van der Waals surface area contributed by atoms with Gasteiger partial charge in [-0.15, -0.1) is 11.8 Å². The Morgan fingerprint density at radius 3 is 2.37 bits per heavy atom. The molecule has 9 nitrogen and oxygen atoms in total. The fraction of sp³-hybridized carbons (Fsp3) is 0.138. The van der Waals surface area contributed by atoms with Crippen molar-refractivity contribution in [3.63, 3.8) is 0 Å². The first-order chi connectivity index (χ1) is 19.6. The molecule has 212 valence electrons. The third-order valence-corrected chi connectivity index (χ3v) is 9.25. The number of methoxy groups -OCH3 is 1. The van der Waals surface area contributed by atoms with E-state index in [0.29, 0.717) is 27.8 Å². The number of halogens is 1. The molecule has 0 bridgehead atoms. The fourth-order valence-electron chi connectivity index (χ4n) is 3.89. The lowest BCUT2D eigenvalue weighted by molar-refractivity contribution is -0.385. The molecular weight excluding hydrogens is 586 g/mol. The van der Waals surface area contributed by atoms with Crippen LogP contribution in [0.25, 0.3) is 0 Å². The average molecular weight is 612 g/mol. The summed E-state index contributed by atoms with van der Waals surface area (Å²) >= 11 is 7.48. The molecule has 0 aromatic heterocycles. The van der Waals surface area contributed by atoms with Crippen LogP contribution in [0.1, 0.15) is 11.1 Å². The van der Waals surface area contributed by atoms with Crippen LogP contribution in [-0.4, -0.2) is 32.9 Å². The number of nitrogens with one attached hydrogen (secondary N) is 1. The number of nitrogens with zero attached hydrogens (tertiary/aromatic N) is 2. The van der Waals surface area contributed by atoms with Crippen LogP contribution >= 0.6 is 23.4 Å². The second kappa shape index (κ2) is 13.1. The van der Waals surface area contributed by atoms with E-state index in [1.165, 1.54) is 50.1 Å². The van der Waals surface area contributed by atoms with Gasteiger partial charge in [0.1, 0.15) is 12.3 Å². The van der Waals surface area contributed by atoms with E-state index in [2.05, 4.69) is 5.32 Å². The van der Waals surface area contributed by atoms with Crippen LogP contribution in [0.3, 0.4) is 0 Å². The van der Waals surface area contributed by atoms with Crippen LogP contribution in [0.2, 0.25) is 5.02 Å². The van der Waals surface area contributed by atoms with Gasteiger partial charge in [0.05, 0.1) is 28.3 Å². The van der Waals surface area contributed by atoms with Crippen LogP contribution in [-0.2, 0) is 20.6 Å². The van der Waals surface area contributed by atoms with Crippen molar-refractivity contribution in [1.29, 1.82) is 0 Å². The number of rotatable bonds is 11. The molecule has 0 atom stereocenters. The van der Waals surface area contributed by atoms with E-state index < -0.39 is 27.4 Å². The first kappa shape index (κ1) is 29.9. The second-order valence-electron chi connectivity index (χ2n) is 8.87. The standard InChI is InChI=1S/C29H26ClN3O6S2/c1-20-7-16-25(17-27(20)33(35)36)41(37,38)32(23-12-14-24(39-2)15-13-23)18-29(34)31-26-5-3-4-6-28(26)40-19-21-8-10-22(30)11-9-21/h3-17H,18-19H2,1-2H3,(H,31,34). The lowest BCUT2D eigenvalue weighted by Crippen LogP contribution is -2.38. The van der Waals surface area contributed by atoms with Gasteiger partial charge >= 0.3 is 0 Å². The molecule has 0 saturated heterocycles. The van der Waals surface area contributed by atoms with Gasteiger partial charge in [-0.25, -0.2) is 8.42 Å². The highest BCUT2D eigenvalue weighted by molar-refractivity contribution is 7.98. The Morgan fingerprint density at radius 1 is 1.02 bits per heavy atom. The van der Waals surface area contributed by atoms with Crippen LogP contribution < -0.4 is 14.4 Å². The number of carbonyl (C=O) groups excluding carboxylic acids is 1. The van der Waals surface area contributed by atoms with E-state index in [1.807, 2.05) is 36.4 Å². The zero-order valence-electron chi connectivity index (χ0n) is 22.1. The number of nitro benzene ring substituents is 1. The number of ether oxygens (including phenoxy) is 1.